The number of anilines is 2. The highest BCUT2D eigenvalue weighted by Gasteiger charge is 2.10. The highest BCUT2D eigenvalue weighted by Crippen LogP contribution is 2.15. The topological polar surface area (TPSA) is 53.9 Å². The summed E-state index contributed by atoms with van der Waals surface area (Å²) in [5.74, 6) is 1.68. The van der Waals surface area contributed by atoms with Crippen LogP contribution in [-0.4, -0.2) is 28.0 Å². The van der Waals surface area contributed by atoms with Gasteiger partial charge in [0.05, 0.1) is 0 Å². The summed E-state index contributed by atoms with van der Waals surface area (Å²) in [7, 11) is 0. The minimum absolute atomic E-state index is 0.714. The van der Waals surface area contributed by atoms with E-state index in [4.69, 9.17) is 0 Å². The lowest BCUT2D eigenvalue weighted by molar-refractivity contribution is 0.719. The number of pyridine rings is 1. The maximum atomic E-state index is 4.67. The highest BCUT2D eigenvalue weighted by atomic mass is 15.3. The van der Waals surface area contributed by atoms with Gasteiger partial charge in [-0.2, -0.15) is 4.98 Å². The molecule has 0 radical (unpaired) electrons. The molecule has 0 aliphatic carbocycles. The zero-order valence-electron chi connectivity index (χ0n) is 13.7. The predicted molar refractivity (Wildman–Crippen MR) is 91.1 cm³/mol. The zero-order valence-corrected chi connectivity index (χ0v) is 13.7. The van der Waals surface area contributed by atoms with E-state index in [0.29, 0.717) is 6.54 Å². The van der Waals surface area contributed by atoms with E-state index in [0.717, 1.165) is 49.0 Å². The van der Waals surface area contributed by atoms with Crippen molar-refractivity contribution in [2.75, 3.05) is 23.3 Å². The molecule has 0 saturated heterocycles. The number of aryl methyl sites for hydroxylation is 1. The van der Waals surface area contributed by atoms with Crippen molar-refractivity contribution >= 4 is 11.8 Å². The maximum Gasteiger partial charge on any atom is 0.227 e. The first-order chi connectivity index (χ1) is 10.7. The smallest absolute Gasteiger partial charge is 0.227 e. The molecule has 118 valence electrons. The largest absolute Gasteiger partial charge is 0.366 e. The summed E-state index contributed by atoms with van der Waals surface area (Å²) in [5.41, 5.74) is 2.12. The molecule has 0 amide bonds. The van der Waals surface area contributed by atoms with Crippen LogP contribution in [0, 0.1) is 6.92 Å². The molecule has 0 bridgehead atoms. The standard InChI is InChI=1S/C17H25N5/c1-4-9-22(10-5-2)17-20-14(3)11-16(21-17)19-13-15-7-6-8-18-12-15/h6-8,11-12H,4-5,9-10,13H2,1-3H3,(H,19,20,21). The first-order valence-corrected chi connectivity index (χ1v) is 7.96. The number of rotatable bonds is 8. The van der Waals surface area contributed by atoms with Crippen LogP contribution in [0.3, 0.4) is 0 Å². The van der Waals surface area contributed by atoms with E-state index in [1.54, 1.807) is 6.20 Å². The normalized spacial score (nSPS) is 10.5. The van der Waals surface area contributed by atoms with Gasteiger partial charge in [0.1, 0.15) is 5.82 Å². The number of nitrogens with one attached hydrogen (secondary N) is 1. The Morgan fingerprint density at radius 2 is 1.91 bits per heavy atom. The van der Waals surface area contributed by atoms with Crippen molar-refractivity contribution in [3.8, 4) is 0 Å². The molecule has 2 rings (SSSR count). The molecule has 22 heavy (non-hydrogen) atoms. The van der Waals surface area contributed by atoms with Crippen molar-refractivity contribution in [2.24, 2.45) is 0 Å². The summed E-state index contributed by atoms with van der Waals surface area (Å²) in [6, 6.07) is 5.98. The van der Waals surface area contributed by atoms with E-state index in [-0.39, 0.29) is 0 Å². The number of aromatic nitrogens is 3. The molecule has 0 aromatic carbocycles. The average Bonchev–Trinajstić information content (AvgIpc) is 2.53. The molecule has 0 spiro atoms. The lowest BCUT2D eigenvalue weighted by Gasteiger charge is -2.22. The maximum absolute atomic E-state index is 4.67. The second-order valence-electron chi connectivity index (χ2n) is 5.40. The van der Waals surface area contributed by atoms with Gasteiger partial charge in [-0.15, -0.1) is 0 Å². The molecule has 0 saturated carbocycles. The average molecular weight is 299 g/mol. The quantitative estimate of drug-likeness (QED) is 0.809. The van der Waals surface area contributed by atoms with Crippen molar-refractivity contribution in [2.45, 2.75) is 40.2 Å². The Kier molecular flexibility index (Phi) is 6.13. The molecule has 5 heteroatoms. The second-order valence-corrected chi connectivity index (χ2v) is 5.40. The zero-order chi connectivity index (χ0) is 15.8. The van der Waals surface area contributed by atoms with Crippen LogP contribution in [-0.2, 0) is 6.54 Å². The van der Waals surface area contributed by atoms with E-state index in [1.165, 1.54) is 0 Å². The Morgan fingerprint density at radius 3 is 2.55 bits per heavy atom. The van der Waals surface area contributed by atoms with E-state index < -0.39 is 0 Å². The summed E-state index contributed by atoms with van der Waals surface area (Å²) >= 11 is 0. The molecular formula is C17H25N5. The minimum atomic E-state index is 0.714. The summed E-state index contributed by atoms with van der Waals surface area (Å²) in [4.78, 5) is 15.6. The van der Waals surface area contributed by atoms with Gasteiger partial charge in [-0.25, -0.2) is 4.98 Å². The third-order valence-corrected chi connectivity index (χ3v) is 3.31. The third-order valence-electron chi connectivity index (χ3n) is 3.31. The Bertz CT molecular complexity index is 565. The molecule has 2 heterocycles. The minimum Gasteiger partial charge on any atom is -0.366 e. The monoisotopic (exact) mass is 299 g/mol. The molecule has 0 aliphatic rings. The van der Waals surface area contributed by atoms with E-state index in [1.807, 2.05) is 25.3 Å². The van der Waals surface area contributed by atoms with Crippen LogP contribution in [0.1, 0.15) is 37.9 Å². The summed E-state index contributed by atoms with van der Waals surface area (Å²) in [6.45, 7) is 9.06. The molecule has 0 fully saturated rings. The molecule has 5 nitrogen and oxygen atoms in total. The van der Waals surface area contributed by atoms with E-state index >= 15 is 0 Å². The van der Waals surface area contributed by atoms with Crippen molar-refractivity contribution in [3.63, 3.8) is 0 Å². The lowest BCUT2D eigenvalue weighted by Crippen LogP contribution is -2.27. The van der Waals surface area contributed by atoms with Gasteiger partial charge in [0.2, 0.25) is 5.95 Å². The Balaban J connectivity index is 2.11. The summed E-state index contributed by atoms with van der Waals surface area (Å²) < 4.78 is 0. The van der Waals surface area contributed by atoms with Gasteiger partial charge in [-0.05, 0) is 31.4 Å². The van der Waals surface area contributed by atoms with Crippen LogP contribution in [0.2, 0.25) is 0 Å². The van der Waals surface area contributed by atoms with Gasteiger partial charge in [0.15, 0.2) is 0 Å². The lowest BCUT2D eigenvalue weighted by atomic mass is 10.3. The Morgan fingerprint density at radius 1 is 1.14 bits per heavy atom. The van der Waals surface area contributed by atoms with E-state index in [2.05, 4.69) is 45.1 Å². The van der Waals surface area contributed by atoms with Gasteiger partial charge in [-0.3, -0.25) is 4.98 Å². The Labute approximate surface area is 132 Å². The van der Waals surface area contributed by atoms with Gasteiger partial charge in [-0.1, -0.05) is 19.9 Å². The molecule has 0 aliphatic heterocycles. The van der Waals surface area contributed by atoms with Crippen molar-refractivity contribution in [3.05, 3.63) is 41.9 Å². The van der Waals surface area contributed by atoms with Crippen molar-refractivity contribution in [1.82, 2.24) is 15.0 Å². The fraction of sp³-hybridized carbons (Fsp3) is 0.471. The van der Waals surface area contributed by atoms with Crippen LogP contribution in [0.25, 0.3) is 0 Å². The van der Waals surface area contributed by atoms with Crippen LogP contribution in [0.15, 0.2) is 30.6 Å². The van der Waals surface area contributed by atoms with Gasteiger partial charge in [0, 0.05) is 43.8 Å². The first kappa shape index (κ1) is 16.2. The van der Waals surface area contributed by atoms with Crippen molar-refractivity contribution in [1.29, 1.82) is 0 Å². The van der Waals surface area contributed by atoms with E-state index in [9.17, 15) is 0 Å². The van der Waals surface area contributed by atoms with Gasteiger partial charge in [0.25, 0.3) is 0 Å². The third kappa shape index (κ3) is 4.69. The molecule has 1 N–H and O–H groups in total. The van der Waals surface area contributed by atoms with Crippen LogP contribution in [0.4, 0.5) is 11.8 Å². The Hall–Kier alpha value is -2.17. The molecular weight excluding hydrogens is 274 g/mol. The summed E-state index contributed by atoms with van der Waals surface area (Å²) in [5, 5.41) is 3.36. The fourth-order valence-corrected chi connectivity index (χ4v) is 2.33. The molecule has 0 atom stereocenters. The SMILES string of the molecule is CCCN(CCC)c1nc(C)cc(NCc2cccnc2)n1. The van der Waals surface area contributed by atoms with Crippen LogP contribution < -0.4 is 10.2 Å². The molecule has 2 aromatic heterocycles. The predicted octanol–water partition coefficient (Wildman–Crippen LogP) is 3.42. The van der Waals surface area contributed by atoms with Crippen LogP contribution in [0.5, 0.6) is 0 Å². The second kappa shape index (κ2) is 8.32. The number of hydrogen-bond donors (Lipinski definition) is 1. The molecule has 0 unspecified atom stereocenters. The van der Waals surface area contributed by atoms with Crippen LogP contribution >= 0.6 is 0 Å². The van der Waals surface area contributed by atoms with Gasteiger partial charge >= 0.3 is 0 Å². The number of hydrogen-bond acceptors (Lipinski definition) is 5. The fourth-order valence-electron chi connectivity index (χ4n) is 2.33. The highest BCUT2D eigenvalue weighted by molar-refractivity contribution is 5.44. The summed E-state index contributed by atoms with van der Waals surface area (Å²) in [6.07, 6.45) is 5.83. The van der Waals surface area contributed by atoms with Crippen molar-refractivity contribution < 1.29 is 0 Å². The number of nitrogens with zero attached hydrogens (tertiary/aromatic N) is 4. The first-order valence-electron chi connectivity index (χ1n) is 7.96. The van der Waals surface area contributed by atoms with Gasteiger partial charge < -0.3 is 10.2 Å². The molecule has 2 aromatic rings.